The SMILES string of the molecule is CC[C@H]1OC(=O)C(C)C(=O)[C@H](C)[C@@H](O[C@@H]2O[C@H](CN(C)C(=O)CNC)CC(N(C)C)[C@H]2O)[C@](C)(OC)C[C@@H](C)CN[C@H](C)[C@@H](NC=O)[C@]1(C)OC. The molecule has 2 aliphatic heterocycles. The number of hydrogen-bond acceptors (Lipinski definition) is 13. The predicted molar refractivity (Wildman–Crippen MR) is 192 cm³/mol. The Morgan fingerprint density at radius 2 is 1.76 bits per heavy atom. The maximum absolute atomic E-state index is 14.3. The molecule has 0 aliphatic carbocycles. The van der Waals surface area contributed by atoms with Crippen molar-refractivity contribution in [3.05, 3.63) is 0 Å². The number of cyclic esters (lactones) is 1. The van der Waals surface area contributed by atoms with E-state index >= 15 is 0 Å². The average molecular weight is 730 g/mol. The van der Waals surface area contributed by atoms with Crippen LogP contribution in [0.3, 0.4) is 0 Å². The van der Waals surface area contributed by atoms with Crippen molar-refractivity contribution >= 4 is 24.1 Å². The number of nitrogens with zero attached hydrogens (tertiary/aromatic N) is 2. The maximum Gasteiger partial charge on any atom is 0.316 e. The van der Waals surface area contributed by atoms with Crippen molar-refractivity contribution in [1.82, 2.24) is 25.8 Å². The Morgan fingerprint density at radius 3 is 2.29 bits per heavy atom. The summed E-state index contributed by atoms with van der Waals surface area (Å²) in [6.45, 7) is 13.6. The van der Waals surface area contributed by atoms with Crippen LogP contribution in [0, 0.1) is 17.8 Å². The highest BCUT2D eigenvalue weighted by Crippen LogP contribution is 2.37. The average Bonchev–Trinajstić information content (AvgIpc) is 3.09. The molecule has 2 aliphatic rings. The van der Waals surface area contributed by atoms with Crippen LogP contribution in [0.25, 0.3) is 0 Å². The molecule has 51 heavy (non-hydrogen) atoms. The molecular weight excluding hydrogens is 662 g/mol. The molecular formula is C36H67N5O10. The van der Waals surface area contributed by atoms with Crippen LogP contribution in [0.5, 0.6) is 0 Å². The summed E-state index contributed by atoms with van der Waals surface area (Å²) in [4.78, 5) is 55.9. The highest BCUT2D eigenvalue weighted by atomic mass is 16.7. The zero-order valence-electron chi connectivity index (χ0n) is 33.2. The summed E-state index contributed by atoms with van der Waals surface area (Å²) in [6, 6.07) is -1.29. The zero-order valence-corrected chi connectivity index (χ0v) is 33.2. The van der Waals surface area contributed by atoms with Gasteiger partial charge in [-0.25, -0.2) is 0 Å². The first-order chi connectivity index (χ1) is 23.8. The molecule has 15 nitrogen and oxygen atoms in total. The number of Topliss-reactive ketones (excluding diaryl/α,β-unsaturated/α-hetero) is 1. The standard InChI is InChI=1S/C36H67N5O10/c1-14-27-36(7,48-13)31(39-20-42)24(5)38-17-21(2)16-35(6,47-12)32(22(3)29(44)23(4)33(46)50-27)51-34-30(45)26(40(9)10)15-25(49-34)19-41(11)28(43)18-37-8/h20-27,30-32,34,37-38,45H,14-19H2,1-13H3,(H,39,42)/t21-,22+,23?,24-,25+,26?,27-,30-,31-,32-,34+,35-,36-/m1/s1. The van der Waals surface area contributed by atoms with Crippen molar-refractivity contribution in [2.75, 3.05) is 62.0 Å². The summed E-state index contributed by atoms with van der Waals surface area (Å²) in [5, 5.41) is 20.9. The lowest BCUT2D eigenvalue weighted by Crippen LogP contribution is -2.65. The van der Waals surface area contributed by atoms with E-state index in [1.54, 1.807) is 40.0 Å². The minimum atomic E-state index is -1.19. The molecule has 4 N–H and O–H groups in total. The van der Waals surface area contributed by atoms with E-state index in [1.807, 2.05) is 46.7 Å². The fourth-order valence-electron chi connectivity index (χ4n) is 7.72. The fraction of sp³-hybridized carbons (Fsp3) is 0.889. The second-order valence-corrected chi connectivity index (χ2v) is 15.2. The third-order valence-electron chi connectivity index (χ3n) is 11.0. The van der Waals surface area contributed by atoms with E-state index < -0.39 is 71.5 Å². The Bertz CT molecular complexity index is 1150. The fourth-order valence-corrected chi connectivity index (χ4v) is 7.72. The van der Waals surface area contributed by atoms with E-state index in [0.717, 1.165) is 0 Å². The molecule has 2 heterocycles. The number of aliphatic hydroxyl groups excluding tert-OH is 1. The van der Waals surface area contributed by atoms with Crippen molar-refractivity contribution in [3.8, 4) is 0 Å². The topological polar surface area (TPSA) is 177 Å². The van der Waals surface area contributed by atoms with Gasteiger partial charge in [-0.3, -0.25) is 19.2 Å². The molecule has 0 spiro atoms. The van der Waals surface area contributed by atoms with E-state index in [-0.39, 0.29) is 37.0 Å². The minimum absolute atomic E-state index is 0.0369. The second-order valence-electron chi connectivity index (χ2n) is 15.2. The zero-order chi connectivity index (χ0) is 38.8. The van der Waals surface area contributed by atoms with Gasteiger partial charge in [-0.05, 0) is 80.6 Å². The number of amides is 2. The Hall–Kier alpha value is -2.24. The largest absolute Gasteiger partial charge is 0.459 e. The molecule has 0 saturated carbocycles. The molecule has 2 unspecified atom stereocenters. The summed E-state index contributed by atoms with van der Waals surface area (Å²) < 4.78 is 31.3. The van der Waals surface area contributed by atoms with Gasteiger partial charge in [-0.2, -0.15) is 0 Å². The summed E-state index contributed by atoms with van der Waals surface area (Å²) in [7, 11) is 10.2. The van der Waals surface area contributed by atoms with Crippen molar-refractivity contribution in [2.24, 2.45) is 17.8 Å². The molecule has 0 aromatic carbocycles. The summed E-state index contributed by atoms with van der Waals surface area (Å²) in [5.41, 5.74) is -2.23. The molecule has 2 rings (SSSR count). The number of carbonyl (C=O) groups is 4. The Kier molecular flexibility index (Phi) is 17.4. The van der Waals surface area contributed by atoms with E-state index in [4.69, 9.17) is 23.7 Å². The lowest BCUT2D eigenvalue weighted by Gasteiger charge is -2.47. The Balaban J connectivity index is 2.61. The van der Waals surface area contributed by atoms with Crippen molar-refractivity contribution < 1.29 is 48.0 Å². The smallest absolute Gasteiger partial charge is 0.316 e. The molecule has 2 saturated heterocycles. The Morgan fingerprint density at radius 1 is 1.12 bits per heavy atom. The number of ether oxygens (including phenoxy) is 5. The molecule has 15 heteroatoms. The normalized spacial score (nSPS) is 39.1. The number of likely N-dealkylation sites (N-methyl/N-ethyl adjacent to an activating group) is 3. The van der Waals surface area contributed by atoms with Crippen LogP contribution in [-0.2, 0) is 42.9 Å². The molecule has 2 amide bonds. The third-order valence-corrected chi connectivity index (χ3v) is 11.0. The number of aliphatic hydroxyl groups is 1. The van der Waals surface area contributed by atoms with Gasteiger partial charge in [-0.1, -0.05) is 20.8 Å². The van der Waals surface area contributed by atoms with Gasteiger partial charge in [0.1, 0.15) is 23.7 Å². The molecule has 0 aromatic heterocycles. The van der Waals surface area contributed by atoms with Crippen LogP contribution in [0.15, 0.2) is 0 Å². The van der Waals surface area contributed by atoms with Crippen LogP contribution >= 0.6 is 0 Å². The lowest BCUT2D eigenvalue weighted by molar-refractivity contribution is -0.298. The highest BCUT2D eigenvalue weighted by molar-refractivity contribution is 6.00. The molecule has 13 atom stereocenters. The number of hydrogen-bond donors (Lipinski definition) is 4. The van der Waals surface area contributed by atoms with Crippen molar-refractivity contribution in [2.45, 2.75) is 128 Å². The summed E-state index contributed by atoms with van der Waals surface area (Å²) in [6.07, 6.45) is -2.72. The monoisotopic (exact) mass is 729 g/mol. The van der Waals surface area contributed by atoms with Crippen LogP contribution in [0.1, 0.15) is 67.7 Å². The van der Waals surface area contributed by atoms with Gasteiger partial charge in [0.15, 0.2) is 12.1 Å². The number of esters is 1. The first kappa shape index (κ1) is 44.9. The van der Waals surface area contributed by atoms with Gasteiger partial charge in [0, 0.05) is 45.8 Å². The molecule has 0 radical (unpaired) electrons. The third kappa shape index (κ3) is 10.9. The molecule has 0 aromatic rings. The van der Waals surface area contributed by atoms with E-state index in [9.17, 15) is 24.3 Å². The quantitative estimate of drug-likeness (QED) is 0.125. The van der Waals surface area contributed by atoms with Gasteiger partial charge in [0.05, 0.1) is 30.4 Å². The van der Waals surface area contributed by atoms with Crippen LogP contribution in [-0.4, -0.2) is 161 Å². The summed E-state index contributed by atoms with van der Waals surface area (Å²) in [5.74, 6) is -3.41. The van der Waals surface area contributed by atoms with Gasteiger partial charge in [-0.15, -0.1) is 0 Å². The van der Waals surface area contributed by atoms with Crippen molar-refractivity contribution in [1.29, 1.82) is 0 Å². The van der Waals surface area contributed by atoms with Gasteiger partial charge in [0.25, 0.3) is 0 Å². The van der Waals surface area contributed by atoms with Gasteiger partial charge in [0.2, 0.25) is 12.3 Å². The van der Waals surface area contributed by atoms with E-state index in [0.29, 0.717) is 32.2 Å². The van der Waals surface area contributed by atoms with Crippen LogP contribution < -0.4 is 16.0 Å². The minimum Gasteiger partial charge on any atom is -0.459 e. The number of methoxy groups -OCH3 is 2. The van der Waals surface area contributed by atoms with Gasteiger partial charge >= 0.3 is 5.97 Å². The van der Waals surface area contributed by atoms with E-state index in [1.165, 1.54) is 14.0 Å². The van der Waals surface area contributed by atoms with Crippen LogP contribution in [0.4, 0.5) is 0 Å². The first-order valence-corrected chi connectivity index (χ1v) is 18.2. The van der Waals surface area contributed by atoms with Gasteiger partial charge < -0.3 is 54.5 Å². The number of carbonyl (C=O) groups excluding carboxylic acids is 4. The van der Waals surface area contributed by atoms with E-state index in [2.05, 4.69) is 16.0 Å². The maximum atomic E-state index is 14.3. The van der Waals surface area contributed by atoms with Crippen molar-refractivity contribution in [3.63, 3.8) is 0 Å². The lowest BCUT2D eigenvalue weighted by atomic mass is 9.78. The number of ketones is 1. The predicted octanol–water partition coefficient (Wildman–Crippen LogP) is 0.561. The second kappa shape index (κ2) is 19.7. The highest BCUT2D eigenvalue weighted by Gasteiger charge is 2.51. The molecule has 296 valence electrons. The number of nitrogens with one attached hydrogen (secondary N) is 3. The number of rotatable bonds is 12. The van der Waals surface area contributed by atoms with Crippen LogP contribution in [0.2, 0.25) is 0 Å². The first-order valence-electron chi connectivity index (χ1n) is 18.2. The molecule has 2 fully saturated rings. The Labute approximate surface area is 305 Å². The summed E-state index contributed by atoms with van der Waals surface area (Å²) >= 11 is 0. The molecule has 0 bridgehead atoms.